The Morgan fingerprint density at radius 1 is 1.11 bits per heavy atom. The van der Waals surface area contributed by atoms with Gasteiger partial charge >= 0.3 is 0 Å². The first kappa shape index (κ1) is 13.2. The van der Waals surface area contributed by atoms with E-state index < -0.39 is 0 Å². The summed E-state index contributed by atoms with van der Waals surface area (Å²) < 4.78 is 0. The molecule has 2 aliphatic carbocycles. The molecular formula is C18H27N. The van der Waals surface area contributed by atoms with Gasteiger partial charge in [-0.25, -0.2) is 0 Å². The van der Waals surface area contributed by atoms with E-state index in [1.807, 2.05) is 0 Å². The quantitative estimate of drug-likeness (QED) is 0.827. The van der Waals surface area contributed by atoms with Crippen molar-refractivity contribution in [3.8, 4) is 0 Å². The van der Waals surface area contributed by atoms with Crippen LogP contribution in [0.3, 0.4) is 0 Å². The molecule has 0 amide bonds. The monoisotopic (exact) mass is 257 g/mol. The van der Waals surface area contributed by atoms with Gasteiger partial charge in [0.05, 0.1) is 0 Å². The predicted octanol–water partition coefficient (Wildman–Crippen LogP) is 4.35. The lowest BCUT2D eigenvalue weighted by Gasteiger charge is -2.26. The van der Waals surface area contributed by atoms with Crippen LogP contribution >= 0.6 is 0 Å². The largest absolute Gasteiger partial charge is 0.317 e. The third-order valence-electron chi connectivity index (χ3n) is 5.27. The van der Waals surface area contributed by atoms with Crippen molar-refractivity contribution < 1.29 is 0 Å². The van der Waals surface area contributed by atoms with Gasteiger partial charge in [0.15, 0.2) is 0 Å². The first-order chi connectivity index (χ1) is 9.38. The number of hydrogen-bond donors (Lipinski definition) is 1. The molecule has 0 radical (unpaired) electrons. The van der Waals surface area contributed by atoms with E-state index >= 15 is 0 Å². The highest BCUT2D eigenvalue weighted by Crippen LogP contribution is 2.51. The molecule has 3 unspecified atom stereocenters. The first-order valence-corrected chi connectivity index (χ1v) is 8.10. The summed E-state index contributed by atoms with van der Waals surface area (Å²) in [5.41, 5.74) is 1.55. The molecule has 0 bridgehead atoms. The Balaban J connectivity index is 1.55. The van der Waals surface area contributed by atoms with Crippen LogP contribution in [0.25, 0.3) is 0 Å². The van der Waals surface area contributed by atoms with Crippen LogP contribution in [-0.4, -0.2) is 13.1 Å². The van der Waals surface area contributed by atoms with E-state index in [0.29, 0.717) is 0 Å². The van der Waals surface area contributed by atoms with Crippen LogP contribution in [-0.2, 0) is 0 Å². The Morgan fingerprint density at radius 2 is 1.84 bits per heavy atom. The zero-order valence-electron chi connectivity index (χ0n) is 12.1. The smallest absolute Gasteiger partial charge is 0.0101 e. The normalized spacial score (nSPS) is 29.1. The number of rotatable bonds is 5. The average Bonchev–Trinajstić information content (AvgIpc) is 3.27. The Hall–Kier alpha value is -0.820. The van der Waals surface area contributed by atoms with Crippen molar-refractivity contribution in [2.24, 2.45) is 11.8 Å². The Bertz CT molecular complexity index is 380. The summed E-state index contributed by atoms with van der Waals surface area (Å²) in [5, 5.41) is 3.61. The minimum Gasteiger partial charge on any atom is -0.317 e. The lowest BCUT2D eigenvalue weighted by molar-refractivity contribution is 0.289. The maximum absolute atomic E-state index is 3.61. The van der Waals surface area contributed by atoms with Crippen LogP contribution < -0.4 is 5.32 Å². The molecule has 1 heteroatoms. The van der Waals surface area contributed by atoms with Gasteiger partial charge < -0.3 is 5.32 Å². The van der Waals surface area contributed by atoms with E-state index in [9.17, 15) is 0 Å². The average molecular weight is 257 g/mol. The van der Waals surface area contributed by atoms with Gasteiger partial charge in [-0.1, -0.05) is 62.4 Å². The first-order valence-electron chi connectivity index (χ1n) is 8.10. The van der Waals surface area contributed by atoms with Gasteiger partial charge in [-0.15, -0.1) is 0 Å². The molecular weight excluding hydrogens is 230 g/mol. The van der Waals surface area contributed by atoms with E-state index in [-0.39, 0.29) is 0 Å². The zero-order valence-corrected chi connectivity index (χ0v) is 12.1. The number of hydrogen-bond acceptors (Lipinski definition) is 1. The number of benzene rings is 1. The van der Waals surface area contributed by atoms with Gasteiger partial charge in [0.1, 0.15) is 0 Å². The van der Waals surface area contributed by atoms with Crippen molar-refractivity contribution >= 4 is 0 Å². The molecule has 104 valence electrons. The van der Waals surface area contributed by atoms with E-state index in [2.05, 4.69) is 42.7 Å². The highest BCUT2D eigenvalue weighted by molar-refractivity contribution is 5.26. The van der Waals surface area contributed by atoms with Crippen molar-refractivity contribution in [1.82, 2.24) is 5.32 Å². The molecule has 1 aromatic rings. The molecule has 0 heterocycles. The van der Waals surface area contributed by atoms with Gasteiger partial charge in [0.25, 0.3) is 0 Å². The molecule has 0 aliphatic heterocycles. The van der Waals surface area contributed by atoms with E-state index in [1.54, 1.807) is 5.56 Å². The summed E-state index contributed by atoms with van der Waals surface area (Å²) in [6, 6.07) is 11.8. The Morgan fingerprint density at radius 3 is 2.53 bits per heavy atom. The standard InChI is InChI=1S/C18H27N/c1-19-18(12-14-8-4-2-5-9-14)17-13-16(17)15-10-6-3-7-11-15/h3,6-7,10-11,14,16-19H,2,4-5,8-9,12-13H2,1H3. The third kappa shape index (κ3) is 3.20. The molecule has 1 nitrogen and oxygen atoms in total. The molecule has 3 atom stereocenters. The summed E-state index contributed by atoms with van der Waals surface area (Å²) in [6.45, 7) is 0. The summed E-state index contributed by atoms with van der Waals surface area (Å²) in [5.74, 6) is 2.69. The molecule has 19 heavy (non-hydrogen) atoms. The highest BCUT2D eigenvalue weighted by Gasteiger charge is 2.43. The fourth-order valence-electron chi connectivity index (χ4n) is 4.03. The van der Waals surface area contributed by atoms with Crippen LogP contribution in [0.4, 0.5) is 0 Å². The van der Waals surface area contributed by atoms with Gasteiger partial charge in [-0.2, -0.15) is 0 Å². The van der Waals surface area contributed by atoms with Crippen LogP contribution in [0, 0.1) is 11.8 Å². The molecule has 2 saturated carbocycles. The summed E-state index contributed by atoms with van der Waals surface area (Å²) in [6.07, 6.45) is 10.1. The molecule has 3 rings (SSSR count). The Labute approximate surface area is 117 Å². The zero-order chi connectivity index (χ0) is 13.1. The minimum atomic E-state index is 0.744. The van der Waals surface area contributed by atoms with Crippen LogP contribution in [0.1, 0.15) is 56.4 Å². The maximum atomic E-state index is 3.61. The summed E-state index contributed by atoms with van der Waals surface area (Å²) in [7, 11) is 2.16. The molecule has 0 aromatic heterocycles. The van der Waals surface area contributed by atoms with Crippen LogP contribution in [0.5, 0.6) is 0 Å². The Kier molecular flexibility index (Phi) is 4.22. The van der Waals surface area contributed by atoms with E-state index in [1.165, 1.54) is 44.9 Å². The lowest BCUT2D eigenvalue weighted by atomic mass is 9.83. The molecule has 1 N–H and O–H groups in total. The van der Waals surface area contributed by atoms with E-state index in [4.69, 9.17) is 0 Å². The topological polar surface area (TPSA) is 12.0 Å². The predicted molar refractivity (Wildman–Crippen MR) is 81.3 cm³/mol. The van der Waals surface area contributed by atoms with E-state index in [0.717, 1.165) is 23.8 Å². The lowest BCUT2D eigenvalue weighted by Crippen LogP contribution is -2.31. The fraction of sp³-hybridized carbons (Fsp3) is 0.667. The summed E-state index contributed by atoms with van der Waals surface area (Å²) in [4.78, 5) is 0. The van der Waals surface area contributed by atoms with Crippen molar-refractivity contribution in [2.75, 3.05) is 7.05 Å². The second-order valence-electron chi connectivity index (χ2n) is 6.55. The SMILES string of the molecule is CNC(CC1CCCCC1)C1CC1c1ccccc1. The van der Waals surface area contributed by atoms with Crippen molar-refractivity contribution in [3.05, 3.63) is 35.9 Å². The molecule has 2 aliphatic rings. The van der Waals surface area contributed by atoms with Gasteiger partial charge in [-0.3, -0.25) is 0 Å². The highest BCUT2D eigenvalue weighted by atomic mass is 14.9. The van der Waals surface area contributed by atoms with Crippen LogP contribution in [0.15, 0.2) is 30.3 Å². The van der Waals surface area contributed by atoms with Crippen molar-refractivity contribution in [1.29, 1.82) is 0 Å². The maximum Gasteiger partial charge on any atom is 0.0101 e. The number of nitrogens with one attached hydrogen (secondary N) is 1. The van der Waals surface area contributed by atoms with Gasteiger partial charge in [0.2, 0.25) is 0 Å². The fourth-order valence-corrected chi connectivity index (χ4v) is 4.03. The summed E-state index contributed by atoms with van der Waals surface area (Å²) >= 11 is 0. The third-order valence-corrected chi connectivity index (χ3v) is 5.27. The molecule has 0 spiro atoms. The second kappa shape index (κ2) is 6.09. The van der Waals surface area contributed by atoms with Crippen molar-refractivity contribution in [2.45, 2.75) is 56.9 Å². The molecule has 2 fully saturated rings. The second-order valence-corrected chi connectivity index (χ2v) is 6.55. The van der Waals surface area contributed by atoms with Gasteiger partial charge in [-0.05, 0) is 43.2 Å². The van der Waals surface area contributed by atoms with Crippen LogP contribution in [0.2, 0.25) is 0 Å². The minimum absolute atomic E-state index is 0.744. The van der Waals surface area contributed by atoms with Gasteiger partial charge in [0, 0.05) is 6.04 Å². The van der Waals surface area contributed by atoms with Crippen molar-refractivity contribution in [3.63, 3.8) is 0 Å². The molecule has 1 aromatic carbocycles. The molecule has 0 saturated heterocycles.